The summed E-state index contributed by atoms with van der Waals surface area (Å²) in [6, 6.07) is 2.09. The number of imidazole rings is 1. The van der Waals surface area contributed by atoms with E-state index in [-0.39, 0.29) is 18.1 Å². The van der Waals surface area contributed by atoms with Gasteiger partial charge in [-0.3, -0.25) is 4.40 Å². The lowest BCUT2D eigenvalue weighted by molar-refractivity contribution is -0.143. The van der Waals surface area contributed by atoms with E-state index in [0.717, 1.165) is 22.7 Å². The first kappa shape index (κ1) is 16.0. The summed E-state index contributed by atoms with van der Waals surface area (Å²) in [7, 11) is 0. The van der Waals surface area contributed by atoms with Crippen molar-refractivity contribution in [3.05, 3.63) is 47.8 Å². The highest BCUT2D eigenvalue weighted by atomic mass is 19.4. The van der Waals surface area contributed by atoms with Crippen molar-refractivity contribution in [3.63, 3.8) is 0 Å². The predicted molar refractivity (Wildman–Crippen MR) is 73.2 cm³/mol. The Morgan fingerprint density at radius 3 is 2.75 bits per heavy atom. The van der Waals surface area contributed by atoms with Gasteiger partial charge in [-0.25, -0.2) is 18.9 Å². The molecule has 0 unspecified atom stereocenters. The molecule has 0 amide bonds. The number of ether oxygens (including phenoxy) is 1. The number of hydrogen-bond donors (Lipinski definition) is 0. The smallest absolute Gasteiger partial charge is 0.434 e. The molecule has 0 N–H and O–H groups in total. The average molecular weight is 342 g/mol. The van der Waals surface area contributed by atoms with Gasteiger partial charge in [-0.1, -0.05) is 0 Å². The molecule has 6 nitrogen and oxygen atoms in total. The summed E-state index contributed by atoms with van der Waals surface area (Å²) in [4.78, 5) is 15.5. The molecule has 0 fully saturated rings. The van der Waals surface area contributed by atoms with Crippen molar-refractivity contribution in [2.45, 2.75) is 13.1 Å². The van der Waals surface area contributed by atoms with E-state index in [1.165, 1.54) is 19.3 Å². The Kier molecular flexibility index (Phi) is 3.74. The Morgan fingerprint density at radius 1 is 1.33 bits per heavy atom. The third-order valence-electron chi connectivity index (χ3n) is 3.23. The van der Waals surface area contributed by atoms with Crippen molar-refractivity contribution in [2.75, 3.05) is 6.61 Å². The highest BCUT2D eigenvalue weighted by Crippen LogP contribution is 2.34. The van der Waals surface area contributed by atoms with Gasteiger partial charge in [0, 0.05) is 12.4 Å². The van der Waals surface area contributed by atoms with Crippen LogP contribution in [0.5, 0.6) is 0 Å². The molecule has 0 bridgehead atoms. The van der Waals surface area contributed by atoms with Crippen LogP contribution < -0.4 is 0 Å². The van der Waals surface area contributed by atoms with Crippen molar-refractivity contribution < 1.29 is 27.1 Å². The number of alkyl halides is 3. The molecule has 0 spiro atoms. The Bertz CT molecular complexity index is 913. The van der Waals surface area contributed by atoms with Gasteiger partial charge in [-0.05, 0) is 19.1 Å². The minimum Gasteiger partial charge on any atom is -0.462 e. The quantitative estimate of drug-likeness (QED) is 0.542. The molecule has 0 saturated heterocycles. The van der Waals surface area contributed by atoms with Gasteiger partial charge in [0.25, 0.3) is 0 Å². The SMILES string of the molecule is CCOC(=O)c1cnn(-c2ccc(F)c3nccn23)c1C(F)(F)F. The van der Waals surface area contributed by atoms with Gasteiger partial charge >= 0.3 is 12.1 Å². The number of carbonyl (C=O) groups is 1. The molecule has 0 aliphatic rings. The number of halogens is 4. The van der Waals surface area contributed by atoms with E-state index in [2.05, 4.69) is 14.8 Å². The van der Waals surface area contributed by atoms with E-state index < -0.39 is 29.2 Å². The molecule has 0 radical (unpaired) electrons. The molecule has 3 aromatic rings. The first-order chi connectivity index (χ1) is 11.3. The molecule has 3 heterocycles. The summed E-state index contributed by atoms with van der Waals surface area (Å²) in [5.41, 5.74) is -2.18. The minimum atomic E-state index is -4.88. The Hall–Kier alpha value is -2.91. The average Bonchev–Trinajstić information content (AvgIpc) is 3.14. The standard InChI is InChI=1S/C14H10F4N4O2/c1-2-24-13(23)8-7-20-22(11(8)14(16,17)18)10-4-3-9(15)12-19-5-6-21(10)12/h3-7H,2H2,1H3. The molecule has 0 aliphatic heterocycles. The molecule has 24 heavy (non-hydrogen) atoms. The first-order valence-electron chi connectivity index (χ1n) is 6.79. The van der Waals surface area contributed by atoms with E-state index in [9.17, 15) is 22.4 Å². The fourth-order valence-corrected chi connectivity index (χ4v) is 2.29. The van der Waals surface area contributed by atoms with Crippen molar-refractivity contribution in [1.29, 1.82) is 0 Å². The highest BCUT2D eigenvalue weighted by Gasteiger charge is 2.41. The van der Waals surface area contributed by atoms with E-state index in [0.29, 0.717) is 4.68 Å². The molecule has 0 atom stereocenters. The summed E-state index contributed by atoms with van der Waals surface area (Å²) < 4.78 is 60.3. The first-order valence-corrected chi connectivity index (χ1v) is 6.79. The van der Waals surface area contributed by atoms with Gasteiger partial charge in [0.15, 0.2) is 17.2 Å². The zero-order valence-electron chi connectivity index (χ0n) is 12.2. The van der Waals surface area contributed by atoms with Gasteiger partial charge in [-0.15, -0.1) is 0 Å². The Labute approximate surface area is 132 Å². The largest absolute Gasteiger partial charge is 0.462 e. The topological polar surface area (TPSA) is 61.4 Å². The maximum Gasteiger partial charge on any atom is 0.434 e. The lowest BCUT2D eigenvalue weighted by Crippen LogP contribution is -2.19. The summed E-state index contributed by atoms with van der Waals surface area (Å²) in [6.07, 6.45) is -1.57. The van der Waals surface area contributed by atoms with Crippen LogP contribution in [-0.4, -0.2) is 31.7 Å². The molecule has 3 aromatic heterocycles. The van der Waals surface area contributed by atoms with Crippen LogP contribution in [-0.2, 0) is 10.9 Å². The fraction of sp³-hybridized carbons (Fsp3) is 0.214. The monoisotopic (exact) mass is 342 g/mol. The number of esters is 1. The summed E-state index contributed by atoms with van der Waals surface area (Å²) in [6.45, 7) is 1.40. The van der Waals surface area contributed by atoms with Crippen molar-refractivity contribution in [1.82, 2.24) is 19.2 Å². The van der Waals surface area contributed by atoms with Crippen LogP contribution in [0.3, 0.4) is 0 Å². The number of nitrogens with zero attached hydrogens (tertiary/aromatic N) is 4. The maximum atomic E-state index is 13.7. The normalized spacial score (nSPS) is 11.9. The number of pyridine rings is 1. The Morgan fingerprint density at radius 2 is 2.08 bits per heavy atom. The van der Waals surface area contributed by atoms with Crippen LogP contribution in [0, 0.1) is 5.82 Å². The molecular weight excluding hydrogens is 332 g/mol. The number of aromatic nitrogens is 4. The Balaban J connectivity index is 2.26. The number of fused-ring (bicyclic) bond motifs is 1. The maximum absolute atomic E-state index is 13.7. The van der Waals surface area contributed by atoms with Gasteiger partial charge in [0.2, 0.25) is 0 Å². The zero-order chi connectivity index (χ0) is 17.5. The number of hydrogen-bond acceptors (Lipinski definition) is 4. The molecule has 0 aliphatic carbocycles. The van der Waals surface area contributed by atoms with E-state index in [1.807, 2.05) is 0 Å². The fourth-order valence-electron chi connectivity index (χ4n) is 2.29. The highest BCUT2D eigenvalue weighted by molar-refractivity contribution is 5.90. The van der Waals surface area contributed by atoms with Crippen LogP contribution in [0.25, 0.3) is 11.5 Å². The molecular formula is C14H10F4N4O2. The summed E-state index contributed by atoms with van der Waals surface area (Å²) in [5.74, 6) is -1.96. The molecule has 3 rings (SSSR count). The van der Waals surface area contributed by atoms with Crippen molar-refractivity contribution >= 4 is 11.6 Å². The second-order valence-electron chi connectivity index (χ2n) is 4.70. The molecule has 0 saturated carbocycles. The van der Waals surface area contributed by atoms with Crippen LogP contribution >= 0.6 is 0 Å². The number of rotatable bonds is 3. The predicted octanol–water partition coefficient (Wildman–Crippen LogP) is 2.85. The molecule has 0 aromatic carbocycles. The zero-order valence-corrected chi connectivity index (χ0v) is 12.2. The summed E-state index contributed by atoms with van der Waals surface area (Å²) in [5, 5.41) is 3.64. The third-order valence-corrected chi connectivity index (χ3v) is 3.23. The second-order valence-corrected chi connectivity index (χ2v) is 4.70. The van der Waals surface area contributed by atoms with Gasteiger partial charge in [0.1, 0.15) is 11.4 Å². The van der Waals surface area contributed by atoms with Crippen LogP contribution in [0.2, 0.25) is 0 Å². The second kappa shape index (κ2) is 5.62. The van der Waals surface area contributed by atoms with E-state index in [4.69, 9.17) is 0 Å². The van der Waals surface area contributed by atoms with Crippen LogP contribution in [0.15, 0.2) is 30.7 Å². The van der Waals surface area contributed by atoms with Gasteiger partial charge < -0.3 is 4.74 Å². The lowest BCUT2D eigenvalue weighted by Gasteiger charge is -2.13. The third kappa shape index (κ3) is 2.49. The minimum absolute atomic E-state index is 0.0797. The van der Waals surface area contributed by atoms with E-state index >= 15 is 0 Å². The van der Waals surface area contributed by atoms with Gasteiger partial charge in [-0.2, -0.15) is 18.3 Å². The van der Waals surface area contributed by atoms with Crippen molar-refractivity contribution in [3.8, 4) is 5.82 Å². The molecule has 126 valence electrons. The summed E-state index contributed by atoms with van der Waals surface area (Å²) >= 11 is 0. The lowest BCUT2D eigenvalue weighted by atomic mass is 10.2. The van der Waals surface area contributed by atoms with Gasteiger partial charge in [0.05, 0.1) is 12.8 Å². The molecule has 10 heteroatoms. The van der Waals surface area contributed by atoms with E-state index in [1.54, 1.807) is 0 Å². The van der Waals surface area contributed by atoms with Crippen LogP contribution in [0.4, 0.5) is 17.6 Å². The van der Waals surface area contributed by atoms with Crippen molar-refractivity contribution in [2.24, 2.45) is 0 Å². The van der Waals surface area contributed by atoms with Crippen LogP contribution in [0.1, 0.15) is 23.0 Å². The number of carbonyl (C=O) groups excluding carboxylic acids is 1.